The van der Waals surface area contributed by atoms with Gasteiger partial charge in [0, 0.05) is 12.4 Å². The summed E-state index contributed by atoms with van der Waals surface area (Å²) in [6.07, 6.45) is 3.42. The fourth-order valence-corrected chi connectivity index (χ4v) is 1.76. The molecule has 0 aliphatic heterocycles. The van der Waals surface area contributed by atoms with Gasteiger partial charge in [0.2, 0.25) is 0 Å². The van der Waals surface area contributed by atoms with Crippen molar-refractivity contribution >= 4 is 17.5 Å². The second-order valence-corrected chi connectivity index (χ2v) is 5.82. The number of hydrogen-bond acceptors (Lipinski definition) is 4. The number of ether oxygens (including phenoxy) is 1. The molecule has 0 unspecified atom stereocenters. The maximum absolute atomic E-state index is 12.1. The second-order valence-electron chi connectivity index (χ2n) is 5.82. The Morgan fingerprint density at radius 1 is 1.33 bits per heavy atom. The van der Waals surface area contributed by atoms with Gasteiger partial charge >= 0.3 is 5.97 Å². The van der Waals surface area contributed by atoms with Crippen LogP contribution in [0.5, 0.6) is 0 Å². The molecule has 2 rings (SSSR count). The minimum atomic E-state index is -0.735. The van der Waals surface area contributed by atoms with Crippen LogP contribution in [0.3, 0.4) is 0 Å². The highest BCUT2D eigenvalue weighted by molar-refractivity contribution is 5.95. The van der Waals surface area contributed by atoms with Crippen LogP contribution in [-0.2, 0) is 9.53 Å². The summed E-state index contributed by atoms with van der Waals surface area (Å²) in [6.45, 7) is 6.92. The zero-order chi connectivity index (χ0) is 15.6. The molecule has 1 amide bonds. The number of hydrogen-bond donors (Lipinski definition) is 1. The number of pyridine rings is 1. The van der Waals surface area contributed by atoms with Gasteiger partial charge in [-0.15, -0.1) is 0 Å². The maximum Gasteiger partial charge on any atom is 0.328 e. The predicted molar refractivity (Wildman–Crippen MR) is 78.0 cm³/mol. The number of carbonyl (C=O) groups is 2. The summed E-state index contributed by atoms with van der Waals surface area (Å²) in [5.41, 5.74) is 0.350. The van der Waals surface area contributed by atoms with E-state index in [0.717, 1.165) is 0 Å². The number of rotatable bonds is 3. The van der Waals surface area contributed by atoms with Crippen molar-refractivity contribution < 1.29 is 14.3 Å². The molecule has 0 radical (unpaired) electrons. The molecule has 1 N–H and O–H groups in total. The minimum Gasteiger partial charge on any atom is -0.458 e. The Labute approximate surface area is 123 Å². The van der Waals surface area contributed by atoms with Crippen molar-refractivity contribution in [1.82, 2.24) is 14.7 Å². The van der Waals surface area contributed by atoms with Gasteiger partial charge in [-0.3, -0.25) is 4.79 Å². The molecule has 0 bridgehead atoms. The quantitative estimate of drug-likeness (QED) is 0.874. The fraction of sp³-hybridized carbons (Fsp3) is 0.400. The molecule has 0 aliphatic rings. The molecule has 6 heteroatoms. The van der Waals surface area contributed by atoms with Crippen LogP contribution in [0.15, 0.2) is 30.6 Å². The van der Waals surface area contributed by atoms with Crippen molar-refractivity contribution in [3.05, 3.63) is 36.3 Å². The zero-order valence-corrected chi connectivity index (χ0v) is 12.6. The Morgan fingerprint density at radius 2 is 2.05 bits per heavy atom. The Hall–Kier alpha value is -2.37. The predicted octanol–water partition coefficient (Wildman–Crippen LogP) is 1.79. The molecule has 21 heavy (non-hydrogen) atoms. The number of imidazole rings is 1. The molecule has 2 heterocycles. The summed E-state index contributed by atoms with van der Waals surface area (Å²) in [4.78, 5) is 28.1. The topological polar surface area (TPSA) is 72.7 Å². The number of nitrogens with zero attached hydrogens (tertiary/aromatic N) is 2. The van der Waals surface area contributed by atoms with Crippen LogP contribution in [0.25, 0.3) is 5.65 Å². The molecule has 0 saturated heterocycles. The molecule has 6 nitrogen and oxygen atoms in total. The van der Waals surface area contributed by atoms with Crippen LogP contribution < -0.4 is 5.32 Å². The molecule has 112 valence electrons. The average molecular weight is 289 g/mol. The number of amides is 1. The first-order valence-electron chi connectivity index (χ1n) is 6.74. The van der Waals surface area contributed by atoms with Gasteiger partial charge in [0.05, 0.1) is 0 Å². The van der Waals surface area contributed by atoms with Crippen molar-refractivity contribution in [3.8, 4) is 0 Å². The molecule has 0 fully saturated rings. The van der Waals surface area contributed by atoms with Gasteiger partial charge in [-0.25, -0.2) is 9.78 Å². The van der Waals surface area contributed by atoms with Crippen LogP contribution in [0, 0.1) is 0 Å². The first-order valence-corrected chi connectivity index (χ1v) is 6.74. The maximum atomic E-state index is 12.1. The lowest BCUT2D eigenvalue weighted by molar-refractivity contribution is -0.156. The third-order valence-electron chi connectivity index (χ3n) is 2.70. The normalized spacial score (nSPS) is 13.0. The van der Waals surface area contributed by atoms with Crippen molar-refractivity contribution in [3.63, 3.8) is 0 Å². The van der Waals surface area contributed by atoms with E-state index >= 15 is 0 Å². The fourth-order valence-electron chi connectivity index (χ4n) is 1.76. The number of esters is 1. The van der Waals surface area contributed by atoms with Gasteiger partial charge < -0.3 is 14.5 Å². The molecule has 0 spiro atoms. The summed E-state index contributed by atoms with van der Waals surface area (Å²) in [7, 11) is 0. The largest absolute Gasteiger partial charge is 0.458 e. The van der Waals surface area contributed by atoms with E-state index in [4.69, 9.17) is 4.74 Å². The summed E-state index contributed by atoms with van der Waals surface area (Å²) in [6, 6.07) is 4.75. The van der Waals surface area contributed by atoms with E-state index in [1.165, 1.54) is 0 Å². The lowest BCUT2D eigenvalue weighted by Crippen LogP contribution is -2.42. The highest BCUT2D eigenvalue weighted by Crippen LogP contribution is 2.09. The highest BCUT2D eigenvalue weighted by atomic mass is 16.6. The van der Waals surface area contributed by atoms with E-state index in [1.54, 1.807) is 50.6 Å². The van der Waals surface area contributed by atoms with Gasteiger partial charge in [-0.05, 0) is 39.8 Å². The Morgan fingerprint density at radius 3 is 2.67 bits per heavy atom. The van der Waals surface area contributed by atoms with Gasteiger partial charge in [-0.2, -0.15) is 0 Å². The molecule has 0 aromatic carbocycles. The van der Waals surface area contributed by atoms with Crippen LogP contribution in [0.1, 0.15) is 38.2 Å². The van der Waals surface area contributed by atoms with Crippen LogP contribution in [0.4, 0.5) is 0 Å². The summed E-state index contributed by atoms with van der Waals surface area (Å²) < 4.78 is 6.96. The van der Waals surface area contributed by atoms with Crippen LogP contribution >= 0.6 is 0 Å². The summed E-state index contributed by atoms with van der Waals surface area (Å²) in [5, 5.41) is 2.59. The Bertz CT molecular complexity index is 637. The first kappa shape index (κ1) is 15.0. The van der Waals surface area contributed by atoms with Crippen LogP contribution in [0.2, 0.25) is 0 Å². The summed E-state index contributed by atoms with van der Waals surface area (Å²) in [5.74, 6) is -0.878. The van der Waals surface area contributed by atoms with Crippen LogP contribution in [-0.4, -0.2) is 32.9 Å². The smallest absolute Gasteiger partial charge is 0.328 e. The van der Waals surface area contributed by atoms with E-state index in [1.807, 2.05) is 12.1 Å². The highest BCUT2D eigenvalue weighted by Gasteiger charge is 2.24. The lowest BCUT2D eigenvalue weighted by atomic mass is 10.2. The SMILES string of the molecule is C[C@H](NC(=O)c1cn2ccccc2n1)C(=O)OC(C)(C)C. The third kappa shape index (κ3) is 3.81. The van der Waals surface area contributed by atoms with E-state index < -0.39 is 23.5 Å². The third-order valence-corrected chi connectivity index (χ3v) is 2.70. The average Bonchev–Trinajstić information content (AvgIpc) is 2.80. The lowest BCUT2D eigenvalue weighted by Gasteiger charge is -2.22. The van der Waals surface area contributed by atoms with Crippen molar-refractivity contribution in [2.75, 3.05) is 0 Å². The number of carbonyl (C=O) groups excluding carboxylic acids is 2. The minimum absolute atomic E-state index is 0.261. The molecule has 1 atom stereocenters. The van der Waals surface area contributed by atoms with Gasteiger partial charge in [-0.1, -0.05) is 6.07 Å². The molecular weight excluding hydrogens is 270 g/mol. The molecule has 2 aromatic heterocycles. The number of aromatic nitrogens is 2. The number of nitrogens with one attached hydrogen (secondary N) is 1. The Balaban J connectivity index is 2.05. The molecule has 0 aliphatic carbocycles. The first-order chi connectivity index (χ1) is 9.76. The standard InChI is InChI=1S/C15H19N3O3/c1-10(14(20)21-15(2,3)4)16-13(19)11-9-18-8-6-5-7-12(18)17-11/h5-10H,1-4H3,(H,16,19)/t10-/m0/s1. The van der Waals surface area contributed by atoms with E-state index in [0.29, 0.717) is 5.65 Å². The van der Waals surface area contributed by atoms with Crippen molar-refractivity contribution in [1.29, 1.82) is 0 Å². The summed E-state index contributed by atoms with van der Waals surface area (Å²) >= 11 is 0. The van der Waals surface area contributed by atoms with Gasteiger partial charge in [0.15, 0.2) is 0 Å². The molecular formula is C15H19N3O3. The van der Waals surface area contributed by atoms with E-state index in [2.05, 4.69) is 10.3 Å². The second kappa shape index (κ2) is 5.55. The van der Waals surface area contributed by atoms with Crippen molar-refractivity contribution in [2.45, 2.75) is 39.3 Å². The molecule has 2 aromatic rings. The number of fused-ring (bicyclic) bond motifs is 1. The van der Waals surface area contributed by atoms with Crippen molar-refractivity contribution in [2.24, 2.45) is 0 Å². The monoisotopic (exact) mass is 289 g/mol. The van der Waals surface area contributed by atoms with Gasteiger partial charge in [0.25, 0.3) is 5.91 Å². The molecule has 0 saturated carbocycles. The van der Waals surface area contributed by atoms with E-state index in [-0.39, 0.29) is 5.69 Å². The Kier molecular flexibility index (Phi) is 3.97. The zero-order valence-electron chi connectivity index (χ0n) is 12.6. The van der Waals surface area contributed by atoms with E-state index in [9.17, 15) is 9.59 Å². The van der Waals surface area contributed by atoms with Gasteiger partial charge in [0.1, 0.15) is 23.0 Å².